The third kappa shape index (κ3) is 6.99. The first-order chi connectivity index (χ1) is 17.2. The van der Waals surface area contributed by atoms with Gasteiger partial charge in [0.25, 0.3) is 0 Å². The molecule has 4 rings (SSSR count). The minimum absolute atomic E-state index is 0.171. The van der Waals surface area contributed by atoms with Gasteiger partial charge in [0.15, 0.2) is 6.79 Å². The van der Waals surface area contributed by atoms with Crippen LogP contribution in [-0.2, 0) is 24.1 Å². The zero-order valence-corrected chi connectivity index (χ0v) is 21.2. The van der Waals surface area contributed by atoms with Crippen LogP contribution in [-0.4, -0.2) is 21.0 Å². The maximum atomic E-state index is 14.0. The van der Waals surface area contributed by atoms with E-state index in [1.165, 1.54) is 22.8 Å². The minimum Gasteiger partial charge on any atom is -0.467 e. The van der Waals surface area contributed by atoms with E-state index in [1.54, 1.807) is 13.2 Å². The molecule has 1 N–H and O–H groups in total. The fourth-order valence-corrected chi connectivity index (χ4v) is 5.56. The zero-order chi connectivity index (χ0) is 24.5. The predicted octanol–water partition coefficient (Wildman–Crippen LogP) is 5.34. The second-order valence-corrected chi connectivity index (χ2v) is 9.79. The third-order valence-corrected chi connectivity index (χ3v) is 7.14. The molecule has 35 heavy (non-hydrogen) atoms. The summed E-state index contributed by atoms with van der Waals surface area (Å²) >= 11 is 0. The van der Waals surface area contributed by atoms with Gasteiger partial charge < -0.3 is 14.8 Å². The lowest BCUT2D eigenvalue weighted by Crippen LogP contribution is -2.18. The maximum absolute atomic E-state index is 14.0. The van der Waals surface area contributed by atoms with E-state index in [9.17, 15) is 4.39 Å². The Kier molecular flexibility index (Phi) is 9.02. The van der Waals surface area contributed by atoms with Gasteiger partial charge in [0.1, 0.15) is 11.6 Å². The number of hydrogen-bond acceptors (Lipinski definition) is 3. The van der Waals surface area contributed by atoms with Gasteiger partial charge in [-0.3, -0.25) is 0 Å². The lowest BCUT2D eigenvalue weighted by atomic mass is 9.98. The number of nitrogens with one attached hydrogen (secondary N) is 1. The van der Waals surface area contributed by atoms with Crippen molar-refractivity contribution in [2.24, 2.45) is 0 Å². The highest BCUT2D eigenvalue weighted by atomic mass is 31.1. The van der Waals surface area contributed by atoms with Crippen LogP contribution in [0.25, 0.3) is 0 Å². The van der Waals surface area contributed by atoms with E-state index in [1.807, 2.05) is 25.2 Å². The zero-order valence-electron chi connectivity index (χ0n) is 20.2. The molecule has 0 fully saturated rings. The molecule has 5 heteroatoms. The van der Waals surface area contributed by atoms with E-state index in [2.05, 4.69) is 66.0 Å². The van der Waals surface area contributed by atoms with Crippen LogP contribution in [0.15, 0.2) is 91.0 Å². The van der Waals surface area contributed by atoms with Crippen molar-refractivity contribution in [3.63, 3.8) is 0 Å². The highest BCUT2D eigenvalue weighted by Gasteiger charge is 2.16. The molecule has 3 nitrogen and oxygen atoms in total. The standard InChI is InChI=1S/C30H31FNO2P/c1-32-20-26-19-27(31)13-14-28(26)35-29-18-24(15-22-9-5-3-6-10-22)17-25(30(29)34-21-33-2)16-23-11-7-4-8-12-23/h3-14,17-19,32,35H,15-16,20-21H2,1-2H3. The molecular formula is C30H31FNO2P. The molecule has 0 aliphatic heterocycles. The molecule has 0 saturated carbocycles. The Morgan fingerprint density at radius 2 is 1.43 bits per heavy atom. The predicted molar refractivity (Wildman–Crippen MR) is 144 cm³/mol. The summed E-state index contributed by atoms with van der Waals surface area (Å²) in [5.41, 5.74) is 5.80. The summed E-state index contributed by atoms with van der Waals surface area (Å²) in [7, 11) is 3.83. The molecular weight excluding hydrogens is 456 g/mol. The number of rotatable bonds is 11. The van der Waals surface area contributed by atoms with Gasteiger partial charge in [0.05, 0.1) is 0 Å². The van der Waals surface area contributed by atoms with E-state index in [0.717, 1.165) is 40.3 Å². The van der Waals surface area contributed by atoms with Crippen LogP contribution in [0.1, 0.15) is 27.8 Å². The number of halogens is 1. The monoisotopic (exact) mass is 487 g/mol. The number of hydrogen-bond donors (Lipinski definition) is 1. The van der Waals surface area contributed by atoms with Gasteiger partial charge in [-0.25, -0.2) is 4.39 Å². The highest BCUT2D eigenvalue weighted by Crippen LogP contribution is 2.29. The SMILES string of the molecule is CNCc1cc(F)ccc1Pc1cc(Cc2ccccc2)cc(Cc2ccccc2)c1OCOC. The van der Waals surface area contributed by atoms with Crippen molar-refractivity contribution in [2.45, 2.75) is 19.4 Å². The average Bonchev–Trinajstić information content (AvgIpc) is 2.87. The first kappa shape index (κ1) is 25.1. The molecule has 1 unspecified atom stereocenters. The topological polar surface area (TPSA) is 30.5 Å². The van der Waals surface area contributed by atoms with Crippen molar-refractivity contribution in [1.29, 1.82) is 0 Å². The highest BCUT2D eigenvalue weighted by molar-refractivity contribution is 7.55. The van der Waals surface area contributed by atoms with E-state index in [0.29, 0.717) is 15.1 Å². The molecule has 4 aromatic carbocycles. The first-order valence-electron chi connectivity index (χ1n) is 11.7. The minimum atomic E-state index is -0.220. The number of ether oxygens (including phenoxy) is 2. The van der Waals surface area contributed by atoms with Gasteiger partial charge in [-0.2, -0.15) is 0 Å². The average molecular weight is 488 g/mol. The van der Waals surface area contributed by atoms with E-state index in [-0.39, 0.29) is 12.6 Å². The Bertz CT molecular complexity index is 1230. The molecule has 4 aromatic rings. The summed E-state index contributed by atoms with van der Waals surface area (Å²) in [6.07, 6.45) is 1.59. The van der Waals surface area contributed by atoms with Crippen molar-refractivity contribution < 1.29 is 13.9 Å². The van der Waals surface area contributed by atoms with Crippen molar-refractivity contribution in [1.82, 2.24) is 5.32 Å². The molecule has 0 spiro atoms. The molecule has 0 aliphatic rings. The Morgan fingerprint density at radius 3 is 2.09 bits per heavy atom. The summed E-state index contributed by atoms with van der Waals surface area (Å²) in [5, 5.41) is 5.37. The quantitative estimate of drug-likeness (QED) is 0.229. The van der Waals surface area contributed by atoms with Gasteiger partial charge in [0, 0.05) is 25.4 Å². The number of methoxy groups -OCH3 is 1. The van der Waals surface area contributed by atoms with Crippen LogP contribution in [0.3, 0.4) is 0 Å². The van der Waals surface area contributed by atoms with E-state index in [4.69, 9.17) is 9.47 Å². The summed E-state index contributed by atoms with van der Waals surface area (Å²) in [5.74, 6) is 0.632. The molecule has 0 aromatic heterocycles. The van der Waals surface area contributed by atoms with Gasteiger partial charge in [-0.05, 0) is 64.8 Å². The Hall–Kier alpha value is -3.04. The van der Waals surface area contributed by atoms with E-state index < -0.39 is 0 Å². The Morgan fingerprint density at radius 1 is 0.743 bits per heavy atom. The normalized spacial score (nSPS) is 11.3. The second-order valence-electron chi connectivity index (χ2n) is 8.46. The first-order valence-corrected chi connectivity index (χ1v) is 12.7. The van der Waals surface area contributed by atoms with Crippen molar-refractivity contribution in [2.75, 3.05) is 21.0 Å². The molecule has 0 radical (unpaired) electrons. The lowest BCUT2D eigenvalue weighted by Gasteiger charge is -2.19. The summed E-state index contributed by atoms with van der Waals surface area (Å²) in [4.78, 5) is 0. The van der Waals surface area contributed by atoms with E-state index >= 15 is 0 Å². The third-order valence-electron chi connectivity index (χ3n) is 5.74. The lowest BCUT2D eigenvalue weighted by molar-refractivity contribution is 0.0513. The molecule has 0 aliphatic carbocycles. The summed E-state index contributed by atoms with van der Waals surface area (Å²) in [6, 6.07) is 30.4. The van der Waals surface area contributed by atoms with Gasteiger partial charge in [0.2, 0.25) is 0 Å². The summed E-state index contributed by atoms with van der Waals surface area (Å²) in [6.45, 7) is 0.777. The fourth-order valence-electron chi connectivity index (χ4n) is 4.18. The largest absolute Gasteiger partial charge is 0.467 e. The Balaban J connectivity index is 1.80. The van der Waals surface area contributed by atoms with Crippen molar-refractivity contribution in [3.05, 3.63) is 125 Å². The number of benzene rings is 4. The maximum Gasteiger partial charge on any atom is 0.188 e. The van der Waals surface area contributed by atoms with Gasteiger partial charge in [-0.15, -0.1) is 0 Å². The van der Waals surface area contributed by atoms with Crippen LogP contribution in [0.5, 0.6) is 5.75 Å². The van der Waals surface area contributed by atoms with Crippen LogP contribution in [0.2, 0.25) is 0 Å². The molecule has 180 valence electrons. The fraction of sp³-hybridized carbons (Fsp3) is 0.200. The molecule has 0 saturated heterocycles. The second kappa shape index (κ2) is 12.6. The van der Waals surface area contributed by atoms with Crippen molar-refractivity contribution in [3.8, 4) is 5.75 Å². The van der Waals surface area contributed by atoms with Crippen molar-refractivity contribution >= 4 is 19.2 Å². The summed E-state index contributed by atoms with van der Waals surface area (Å²) < 4.78 is 25.5. The molecule has 0 bridgehead atoms. The van der Waals surface area contributed by atoms with Crippen LogP contribution >= 0.6 is 8.58 Å². The van der Waals surface area contributed by atoms with Crippen LogP contribution < -0.4 is 20.7 Å². The van der Waals surface area contributed by atoms with Gasteiger partial charge in [-0.1, -0.05) is 81.4 Å². The molecule has 0 heterocycles. The van der Waals surface area contributed by atoms with Crippen LogP contribution in [0.4, 0.5) is 4.39 Å². The van der Waals surface area contributed by atoms with Crippen LogP contribution in [0, 0.1) is 5.82 Å². The van der Waals surface area contributed by atoms with Gasteiger partial charge >= 0.3 is 0 Å². The smallest absolute Gasteiger partial charge is 0.188 e. The molecule has 1 atom stereocenters. The molecule has 0 amide bonds. The Labute approximate surface area is 209 Å².